The zero-order chi connectivity index (χ0) is 9.10. The second-order valence-electron chi connectivity index (χ2n) is 2.61. The molecule has 2 heterocycles. The second kappa shape index (κ2) is 3.49. The van der Waals surface area contributed by atoms with E-state index in [1.54, 1.807) is 23.6 Å². The van der Waals surface area contributed by atoms with Gasteiger partial charge < -0.3 is 0 Å². The Morgan fingerprint density at radius 1 is 1.31 bits per heavy atom. The molecule has 0 fully saturated rings. The Kier molecular flexibility index (Phi) is 2.19. The molecule has 2 aromatic heterocycles. The molecule has 0 aliphatic carbocycles. The van der Waals surface area contributed by atoms with Crippen molar-refractivity contribution in [3.05, 3.63) is 40.7 Å². The van der Waals surface area contributed by atoms with Crippen molar-refractivity contribution >= 4 is 17.6 Å². The van der Waals surface area contributed by atoms with Gasteiger partial charge in [-0.15, -0.1) is 0 Å². The van der Waals surface area contributed by atoms with Crippen LogP contribution in [0.1, 0.15) is 10.4 Å². The molecule has 0 atom stereocenters. The van der Waals surface area contributed by atoms with Gasteiger partial charge in [0, 0.05) is 22.7 Å². The summed E-state index contributed by atoms with van der Waals surface area (Å²) in [5, 5.41) is 4.04. The predicted octanol–water partition coefficient (Wildman–Crippen LogP) is 2.62. The van der Waals surface area contributed by atoms with Gasteiger partial charge in [0.1, 0.15) is 0 Å². The van der Waals surface area contributed by atoms with E-state index in [1.807, 2.05) is 22.9 Å². The van der Waals surface area contributed by atoms with Crippen LogP contribution in [-0.4, -0.2) is 11.3 Å². The molecule has 0 spiro atoms. The van der Waals surface area contributed by atoms with Gasteiger partial charge >= 0.3 is 0 Å². The van der Waals surface area contributed by atoms with Gasteiger partial charge in [-0.3, -0.25) is 9.78 Å². The highest BCUT2D eigenvalue weighted by molar-refractivity contribution is 7.08. The Labute approximate surface area is 79.9 Å². The van der Waals surface area contributed by atoms with Crippen LogP contribution in [0.5, 0.6) is 0 Å². The molecule has 0 saturated carbocycles. The van der Waals surface area contributed by atoms with E-state index in [1.165, 1.54) is 0 Å². The second-order valence-corrected chi connectivity index (χ2v) is 3.39. The Morgan fingerprint density at radius 3 is 2.77 bits per heavy atom. The lowest BCUT2D eigenvalue weighted by Crippen LogP contribution is -1.84. The summed E-state index contributed by atoms with van der Waals surface area (Å²) in [5.74, 6) is 0. The van der Waals surface area contributed by atoms with Crippen molar-refractivity contribution in [2.45, 2.75) is 0 Å². The van der Waals surface area contributed by atoms with Crippen LogP contribution in [0.3, 0.4) is 0 Å². The van der Waals surface area contributed by atoms with Crippen LogP contribution in [-0.2, 0) is 0 Å². The van der Waals surface area contributed by atoms with Gasteiger partial charge in [0.15, 0.2) is 6.29 Å². The first-order valence-electron chi connectivity index (χ1n) is 3.84. The summed E-state index contributed by atoms with van der Waals surface area (Å²) in [4.78, 5) is 14.5. The third-order valence-corrected chi connectivity index (χ3v) is 2.42. The molecule has 0 saturated heterocycles. The van der Waals surface area contributed by atoms with Crippen molar-refractivity contribution in [2.75, 3.05) is 0 Å². The first-order valence-corrected chi connectivity index (χ1v) is 4.78. The minimum absolute atomic E-state index is 0.610. The highest BCUT2D eigenvalue weighted by Crippen LogP contribution is 2.19. The molecule has 0 N–H and O–H groups in total. The van der Waals surface area contributed by atoms with Crippen LogP contribution in [0.2, 0.25) is 0 Å². The van der Waals surface area contributed by atoms with Crippen LogP contribution in [0.25, 0.3) is 11.3 Å². The van der Waals surface area contributed by atoms with Gasteiger partial charge in [-0.25, -0.2) is 0 Å². The summed E-state index contributed by atoms with van der Waals surface area (Å²) in [5.41, 5.74) is 2.62. The van der Waals surface area contributed by atoms with Crippen molar-refractivity contribution in [2.24, 2.45) is 0 Å². The molecular weight excluding hydrogens is 182 g/mol. The molecule has 2 nitrogen and oxygen atoms in total. The molecule has 0 aliphatic rings. The van der Waals surface area contributed by atoms with E-state index in [-0.39, 0.29) is 0 Å². The maximum atomic E-state index is 10.4. The number of aldehydes is 1. The Balaban J connectivity index is 2.38. The summed E-state index contributed by atoms with van der Waals surface area (Å²) in [6.07, 6.45) is 2.38. The fraction of sp³-hybridized carbons (Fsp3) is 0. The summed E-state index contributed by atoms with van der Waals surface area (Å²) in [6, 6.07) is 5.63. The maximum Gasteiger partial charge on any atom is 0.151 e. The van der Waals surface area contributed by atoms with Crippen LogP contribution >= 0.6 is 11.3 Å². The number of aromatic nitrogens is 1. The van der Waals surface area contributed by atoms with Crippen LogP contribution < -0.4 is 0 Å². The number of nitrogens with zero attached hydrogens (tertiary/aromatic N) is 1. The zero-order valence-corrected chi connectivity index (χ0v) is 7.62. The quantitative estimate of drug-likeness (QED) is 0.680. The lowest BCUT2D eigenvalue weighted by Gasteiger charge is -1.95. The number of pyridine rings is 1. The molecule has 0 radical (unpaired) electrons. The number of thiophene rings is 1. The van der Waals surface area contributed by atoms with Crippen molar-refractivity contribution in [3.8, 4) is 11.3 Å². The summed E-state index contributed by atoms with van der Waals surface area (Å²) < 4.78 is 0. The normalized spacial score (nSPS) is 9.85. The monoisotopic (exact) mass is 189 g/mol. The number of carbonyl (C=O) groups is 1. The van der Waals surface area contributed by atoms with Gasteiger partial charge in [-0.2, -0.15) is 11.3 Å². The van der Waals surface area contributed by atoms with Crippen molar-refractivity contribution in [1.29, 1.82) is 0 Å². The third-order valence-electron chi connectivity index (χ3n) is 1.74. The Bertz CT molecular complexity index is 391. The summed E-state index contributed by atoms with van der Waals surface area (Å²) >= 11 is 1.63. The van der Waals surface area contributed by atoms with E-state index in [0.29, 0.717) is 5.56 Å². The first kappa shape index (κ1) is 8.13. The highest BCUT2D eigenvalue weighted by Gasteiger charge is 1.98. The average Bonchev–Trinajstić information content (AvgIpc) is 2.71. The summed E-state index contributed by atoms with van der Waals surface area (Å²) in [7, 11) is 0. The zero-order valence-electron chi connectivity index (χ0n) is 6.81. The SMILES string of the molecule is O=Cc1ccc(-c2ccsc2)nc1. The summed E-state index contributed by atoms with van der Waals surface area (Å²) in [6.45, 7) is 0. The largest absolute Gasteiger partial charge is 0.298 e. The van der Waals surface area contributed by atoms with Gasteiger partial charge in [-0.05, 0) is 23.6 Å². The van der Waals surface area contributed by atoms with Crippen molar-refractivity contribution in [3.63, 3.8) is 0 Å². The van der Waals surface area contributed by atoms with E-state index in [9.17, 15) is 4.79 Å². The lowest BCUT2D eigenvalue weighted by molar-refractivity contribution is 0.112. The highest BCUT2D eigenvalue weighted by atomic mass is 32.1. The molecule has 0 aliphatic heterocycles. The maximum absolute atomic E-state index is 10.4. The van der Waals surface area contributed by atoms with E-state index in [4.69, 9.17) is 0 Å². The molecule has 2 aromatic rings. The van der Waals surface area contributed by atoms with Gasteiger partial charge in [0.2, 0.25) is 0 Å². The number of rotatable bonds is 2. The fourth-order valence-electron chi connectivity index (χ4n) is 1.06. The van der Waals surface area contributed by atoms with Crippen LogP contribution in [0, 0.1) is 0 Å². The Hall–Kier alpha value is -1.48. The molecule has 2 rings (SSSR count). The molecule has 3 heteroatoms. The van der Waals surface area contributed by atoms with E-state index >= 15 is 0 Å². The van der Waals surface area contributed by atoms with Crippen molar-refractivity contribution < 1.29 is 4.79 Å². The molecule has 0 bridgehead atoms. The molecule has 0 unspecified atom stereocenters. The predicted molar refractivity (Wildman–Crippen MR) is 52.9 cm³/mol. The Morgan fingerprint density at radius 2 is 2.23 bits per heavy atom. The average molecular weight is 189 g/mol. The first-order chi connectivity index (χ1) is 6.40. The molecule has 0 aromatic carbocycles. The van der Waals surface area contributed by atoms with Gasteiger partial charge in [0.25, 0.3) is 0 Å². The molecule has 64 valence electrons. The minimum atomic E-state index is 0.610. The number of hydrogen-bond donors (Lipinski definition) is 0. The fourth-order valence-corrected chi connectivity index (χ4v) is 1.71. The van der Waals surface area contributed by atoms with E-state index in [0.717, 1.165) is 17.5 Å². The van der Waals surface area contributed by atoms with Crippen LogP contribution in [0.4, 0.5) is 0 Å². The van der Waals surface area contributed by atoms with E-state index < -0.39 is 0 Å². The number of hydrogen-bond acceptors (Lipinski definition) is 3. The lowest BCUT2D eigenvalue weighted by atomic mass is 10.2. The molecular formula is C10H7NOS. The van der Waals surface area contributed by atoms with Gasteiger partial charge in [0.05, 0.1) is 5.69 Å². The minimum Gasteiger partial charge on any atom is -0.298 e. The van der Waals surface area contributed by atoms with Crippen LogP contribution in [0.15, 0.2) is 35.2 Å². The number of carbonyl (C=O) groups excluding carboxylic acids is 1. The third kappa shape index (κ3) is 1.65. The van der Waals surface area contributed by atoms with Gasteiger partial charge in [-0.1, -0.05) is 0 Å². The standard InChI is InChI=1S/C10H7NOS/c12-6-8-1-2-10(11-5-8)9-3-4-13-7-9/h1-7H. The molecule has 0 amide bonds. The van der Waals surface area contributed by atoms with E-state index in [2.05, 4.69) is 4.98 Å². The molecule has 13 heavy (non-hydrogen) atoms. The smallest absolute Gasteiger partial charge is 0.151 e. The topological polar surface area (TPSA) is 30.0 Å². The van der Waals surface area contributed by atoms with Crippen molar-refractivity contribution in [1.82, 2.24) is 4.98 Å².